The van der Waals surface area contributed by atoms with Crippen LogP contribution in [0.2, 0.25) is 0 Å². The van der Waals surface area contributed by atoms with Gasteiger partial charge in [0, 0.05) is 0 Å². The number of carbonyl (C=O) groups excluding carboxylic acids is 1. The first-order chi connectivity index (χ1) is 16.3. The normalized spacial score (nSPS) is 17.9. The third-order valence-corrected chi connectivity index (χ3v) is 8.38. The van der Waals surface area contributed by atoms with Crippen molar-refractivity contribution in [2.24, 2.45) is 0 Å². The zero-order valence-corrected chi connectivity index (χ0v) is 20.1. The summed E-state index contributed by atoms with van der Waals surface area (Å²) in [5.74, 6) is 0.0363. The van der Waals surface area contributed by atoms with Crippen LogP contribution in [0.15, 0.2) is 71.6 Å². The van der Waals surface area contributed by atoms with Crippen molar-refractivity contribution in [3.63, 3.8) is 0 Å². The molecule has 6 nitrogen and oxygen atoms in total. The van der Waals surface area contributed by atoms with E-state index in [1.807, 2.05) is 19.9 Å². The van der Waals surface area contributed by atoms with Gasteiger partial charge in [0.25, 0.3) is 15.9 Å². The maximum Gasteiger partial charge on any atom is 0.264 e. The molecule has 1 aliphatic carbocycles. The maximum absolute atomic E-state index is 13.5. The molecule has 0 spiro atoms. The number of sulfonamides is 1. The summed E-state index contributed by atoms with van der Waals surface area (Å²) in [5.41, 5.74) is 5.11. The molecule has 1 amide bonds. The number of aryl methyl sites for hydroxylation is 3. The second-order valence-corrected chi connectivity index (χ2v) is 10.9. The predicted molar refractivity (Wildman–Crippen MR) is 132 cm³/mol. The van der Waals surface area contributed by atoms with Gasteiger partial charge in [-0.15, -0.1) is 0 Å². The van der Waals surface area contributed by atoms with Gasteiger partial charge in [-0.25, -0.2) is 8.42 Å². The molecule has 2 aliphatic rings. The summed E-state index contributed by atoms with van der Waals surface area (Å²) < 4.78 is 34.3. The number of hydrogen-bond donors (Lipinski definition) is 1. The van der Waals surface area contributed by atoms with Crippen LogP contribution >= 0.6 is 0 Å². The summed E-state index contributed by atoms with van der Waals surface area (Å²) in [6, 6.07) is 19.8. The number of ether oxygens (including phenoxy) is 1. The highest BCUT2D eigenvalue weighted by Crippen LogP contribution is 2.38. The van der Waals surface area contributed by atoms with E-state index >= 15 is 0 Å². The van der Waals surface area contributed by atoms with E-state index in [0.29, 0.717) is 11.4 Å². The molecule has 0 radical (unpaired) electrons. The van der Waals surface area contributed by atoms with Crippen molar-refractivity contribution in [2.75, 3.05) is 10.8 Å². The molecule has 0 fully saturated rings. The average molecular weight is 477 g/mol. The second kappa shape index (κ2) is 8.80. The minimum absolute atomic E-state index is 0.101. The van der Waals surface area contributed by atoms with Crippen LogP contribution in [0.25, 0.3) is 0 Å². The topological polar surface area (TPSA) is 75.7 Å². The lowest BCUT2D eigenvalue weighted by Crippen LogP contribution is -2.51. The lowest BCUT2D eigenvalue weighted by atomic mass is 10.0. The van der Waals surface area contributed by atoms with E-state index in [1.165, 1.54) is 21.9 Å². The molecule has 3 aromatic rings. The fourth-order valence-corrected chi connectivity index (χ4v) is 6.18. The molecule has 2 atom stereocenters. The molecule has 34 heavy (non-hydrogen) atoms. The summed E-state index contributed by atoms with van der Waals surface area (Å²) in [4.78, 5) is 13.4. The van der Waals surface area contributed by atoms with E-state index in [2.05, 4.69) is 23.5 Å². The number of hydrogen-bond acceptors (Lipinski definition) is 4. The van der Waals surface area contributed by atoms with E-state index in [0.717, 1.165) is 24.0 Å². The predicted octanol–water partition coefficient (Wildman–Crippen LogP) is 4.32. The van der Waals surface area contributed by atoms with Crippen molar-refractivity contribution in [1.29, 1.82) is 0 Å². The van der Waals surface area contributed by atoms with Crippen molar-refractivity contribution in [1.82, 2.24) is 5.32 Å². The van der Waals surface area contributed by atoms with Gasteiger partial charge in [-0.1, -0.05) is 42.5 Å². The molecular weight excluding hydrogens is 448 g/mol. The maximum atomic E-state index is 13.5. The Hall–Kier alpha value is -3.32. The zero-order chi connectivity index (χ0) is 23.9. The quantitative estimate of drug-likeness (QED) is 0.595. The van der Waals surface area contributed by atoms with Crippen molar-refractivity contribution < 1.29 is 17.9 Å². The molecule has 5 rings (SSSR count). The van der Waals surface area contributed by atoms with Crippen LogP contribution < -0.4 is 14.4 Å². The largest absolute Gasteiger partial charge is 0.476 e. The van der Waals surface area contributed by atoms with Gasteiger partial charge in [-0.05, 0) is 79.6 Å². The number of amides is 1. The lowest BCUT2D eigenvalue weighted by Gasteiger charge is -2.35. The minimum Gasteiger partial charge on any atom is -0.476 e. The van der Waals surface area contributed by atoms with Crippen LogP contribution in [0, 0.1) is 6.92 Å². The molecule has 7 heteroatoms. The van der Waals surface area contributed by atoms with E-state index in [9.17, 15) is 13.2 Å². The van der Waals surface area contributed by atoms with Crippen molar-refractivity contribution in [3.05, 3.63) is 89.0 Å². The van der Waals surface area contributed by atoms with E-state index in [-0.39, 0.29) is 23.4 Å². The van der Waals surface area contributed by atoms with Gasteiger partial charge in [-0.2, -0.15) is 0 Å². The highest BCUT2D eigenvalue weighted by atomic mass is 32.2. The zero-order valence-electron chi connectivity index (χ0n) is 19.3. The molecule has 0 bridgehead atoms. The van der Waals surface area contributed by atoms with E-state index in [4.69, 9.17) is 4.74 Å². The standard InChI is InChI=1S/C27H28N2O4S/c1-18-11-14-25-24(15-18)29(34(31,32)23-9-4-3-5-10-23)17-26(33-25)27(30)28-19(2)21-13-12-20-7-6-8-22(20)16-21/h3-5,9-16,19,26H,6-8,17H2,1-2H3,(H,28,30)/t19-,26+/m0/s1. The van der Waals surface area contributed by atoms with Crippen molar-refractivity contribution in [3.8, 4) is 5.75 Å². The number of nitrogens with one attached hydrogen (secondary N) is 1. The van der Waals surface area contributed by atoms with Crippen molar-refractivity contribution >= 4 is 21.6 Å². The number of anilines is 1. The Morgan fingerprint density at radius 3 is 2.59 bits per heavy atom. The summed E-state index contributed by atoms with van der Waals surface area (Å²) in [7, 11) is -3.87. The number of nitrogens with zero attached hydrogens (tertiary/aromatic N) is 1. The third-order valence-electron chi connectivity index (χ3n) is 6.59. The Balaban J connectivity index is 1.41. The summed E-state index contributed by atoms with van der Waals surface area (Å²) in [5, 5.41) is 3.03. The van der Waals surface area contributed by atoms with Crippen LogP contribution in [0.3, 0.4) is 0 Å². The number of rotatable bonds is 5. The van der Waals surface area contributed by atoms with Gasteiger partial charge in [0.1, 0.15) is 5.75 Å². The fourth-order valence-electron chi connectivity index (χ4n) is 4.70. The second-order valence-electron chi connectivity index (χ2n) is 9.04. The highest BCUT2D eigenvalue weighted by Gasteiger charge is 2.38. The molecular formula is C27H28N2O4S. The fraction of sp³-hybridized carbons (Fsp3) is 0.296. The van der Waals surface area contributed by atoms with Gasteiger partial charge in [0.05, 0.1) is 23.2 Å². The number of carbonyl (C=O) groups is 1. The molecule has 0 aromatic heterocycles. The first kappa shape index (κ1) is 22.5. The first-order valence-electron chi connectivity index (χ1n) is 11.6. The molecule has 1 N–H and O–H groups in total. The first-order valence-corrected chi connectivity index (χ1v) is 13.0. The Labute approximate surface area is 200 Å². The molecule has 0 saturated carbocycles. The van der Waals surface area contributed by atoms with Gasteiger partial charge in [0.2, 0.25) is 0 Å². The van der Waals surface area contributed by atoms with Gasteiger partial charge in [-0.3, -0.25) is 9.10 Å². The number of fused-ring (bicyclic) bond motifs is 2. The van der Waals surface area contributed by atoms with Gasteiger partial charge in [0.15, 0.2) is 6.10 Å². The highest BCUT2D eigenvalue weighted by molar-refractivity contribution is 7.92. The van der Waals surface area contributed by atoms with Crippen LogP contribution in [0.5, 0.6) is 5.75 Å². The van der Waals surface area contributed by atoms with E-state index in [1.54, 1.807) is 42.5 Å². The van der Waals surface area contributed by atoms with Gasteiger partial charge < -0.3 is 10.1 Å². The van der Waals surface area contributed by atoms with Crippen molar-refractivity contribution in [2.45, 2.75) is 50.2 Å². The van der Waals surface area contributed by atoms with Crippen LogP contribution in [0.4, 0.5) is 5.69 Å². The van der Waals surface area contributed by atoms with Crippen LogP contribution in [-0.4, -0.2) is 27.0 Å². The molecule has 0 saturated heterocycles. The SMILES string of the molecule is Cc1ccc2c(c1)N(S(=O)(=O)c1ccccc1)C[C@H](C(=O)N[C@@H](C)c1ccc3c(c1)CCC3)O2. The van der Waals surface area contributed by atoms with Crippen LogP contribution in [-0.2, 0) is 27.7 Å². The molecule has 1 aliphatic heterocycles. The summed E-state index contributed by atoms with van der Waals surface area (Å²) >= 11 is 0. The summed E-state index contributed by atoms with van der Waals surface area (Å²) in [6.45, 7) is 3.73. The Morgan fingerprint density at radius 2 is 1.79 bits per heavy atom. The Morgan fingerprint density at radius 1 is 1.03 bits per heavy atom. The molecule has 1 heterocycles. The van der Waals surface area contributed by atoms with E-state index < -0.39 is 16.1 Å². The Kier molecular flexibility index (Phi) is 5.81. The monoisotopic (exact) mass is 476 g/mol. The third kappa shape index (κ3) is 4.16. The Bertz CT molecular complexity index is 1340. The van der Waals surface area contributed by atoms with Gasteiger partial charge >= 0.3 is 0 Å². The smallest absolute Gasteiger partial charge is 0.264 e. The molecule has 0 unspecified atom stereocenters. The minimum atomic E-state index is -3.87. The summed E-state index contributed by atoms with van der Waals surface area (Å²) in [6.07, 6.45) is 2.38. The average Bonchev–Trinajstić information content (AvgIpc) is 3.31. The molecule has 176 valence electrons. The van der Waals surface area contributed by atoms with Crippen LogP contribution in [0.1, 0.15) is 41.6 Å². The lowest BCUT2D eigenvalue weighted by molar-refractivity contribution is -0.128. The number of benzene rings is 3. The molecule has 3 aromatic carbocycles.